The largest absolute Gasteiger partial charge is 0.477 e. The van der Waals surface area contributed by atoms with E-state index in [1.165, 1.54) is 4.57 Å². The molecule has 3 atom stereocenters. The maximum absolute atomic E-state index is 15.0. The van der Waals surface area contributed by atoms with Crippen molar-refractivity contribution < 1.29 is 18.7 Å². The summed E-state index contributed by atoms with van der Waals surface area (Å²) in [6.07, 6.45) is 2.11. The molecule has 3 N–H and O–H groups in total. The lowest BCUT2D eigenvalue weighted by Gasteiger charge is -2.23. The van der Waals surface area contributed by atoms with E-state index >= 15 is 4.39 Å². The lowest BCUT2D eigenvalue weighted by molar-refractivity contribution is 0.0694. The first-order chi connectivity index (χ1) is 13.2. The molecule has 1 aromatic carbocycles. The molecule has 3 fully saturated rings. The first-order valence-corrected chi connectivity index (χ1v) is 9.56. The summed E-state index contributed by atoms with van der Waals surface area (Å²) < 4.78 is 30.2. The van der Waals surface area contributed by atoms with Gasteiger partial charge in [-0.1, -0.05) is 11.6 Å². The molecular formula is C19H18ClF2N3O3. The van der Waals surface area contributed by atoms with Gasteiger partial charge in [-0.3, -0.25) is 4.79 Å². The number of nitrogens with two attached hydrogens (primary N) is 1. The Morgan fingerprint density at radius 1 is 1.39 bits per heavy atom. The number of halogens is 3. The minimum atomic E-state index is -1.45. The van der Waals surface area contributed by atoms with E-state index in [1.54, 1.807) is 4.90 Å². The van der Waals surface area contributed by atoms with Crippen LogP contribution < -0.4 is 16.1 Å². The monoisotopic (exact) mass is 409 g/mol. The minimum Gasteiger partial charge on any atom is -0.477 e. The van der Waals surface area contributed by atoms with Gasteiger partial charge in [-0.05, 0) is 18.9 Å². The number of fused-ring (bicyclic) bond motifs is 1. The van der Waals surface area contributed by atoms with Crippen molar-refractivity contribution >= 4 is 34.2 Å². The van der Waals surface area contributed by atoms with E-state index < -0.39 is 35.0 Å². The van der Waals surface area contributed by atoms with Crippen LogP contribution in [0.2, 0.25) is 5.02 Å². The van der Waals surface area contributed by atoms with Crippen molar-refractivity contribution in [2.24, 2.45) is 11.1 Å². The molecule has 2 saturated carbocycles. The molecule has 0 amide bonds. The predicted octanol–water partition coefficient (Wildman–Crippen LogP) is 2.70. The van der Waals surface area contributed by atoms with Gasteiger partial charge in [-0.2, -0.15) is 0 Å². The molecule has 6 nitrogen and oxygen atoms in total. The number of nitrogens with zero attached hydrogens (tertiary/aromatic N) is 2. The van der Waals surface area contributed by atoms with E-state index in [-0.39, 0.29) is 39.5 Å². The number of carbonyl (C=O) groups is 1. The molecule has 1 aromatic heterocycles. The average molecular weight is 410 g/mol. The summed E-state index contributed by atoms with van der Waals surface area (Å²) in [6.45, 7) is 1.01. The van der Waals surface area contributed by atoms with Crippen LogP contribution in [0.5, 0.6) is 0 Å². The highest BCUT2D eigenvalue weighted by atomic mass is 35.5. The van der Waals surface area contributed by atoms with Crippen molar-refractivity contribution in [3.8, 4) is 0 Å². The van der Waals surface area contributed by atoms with E-state index in [9.17, 15) is 19.1 Å². The van der Waals surface area contributed by atoms with Crippen LogP contribution in [0.25, 0.3) is 10.9 Å². The zero-order chi connectivity index (χ0) is 20.0. The van der Waals surface area contributed by atoms with Gasteiger partial charge >= 0.3 is 5.97 Å². The number of carboxylic acids is 1. The van der Waals surface area contributed by atoms with E-state index in [0.29, 0.717) is 13.1 Å². The van der Waals surface area contributed by atoms with Crippen molar-refractivity contribution in [3.05, 3.63) is 38.9 Å². The molecule has 0 bridgehead atoms. The third-order valence-electron chi connectivity index (χ3n) is 6.37. The number of benzene rings is 1. The second-order valence-corrected chi connectivity index (χ2v) is 8.55. The average Bonchev–Trinajstić information content (AvgIpc) is 3.51. The fourth-order valence-electron chi connectivity index (χ4n) is 4.43. The van der Waals surface area contributed by atoms with Gasteiger partial charge in [0.25, 0.3) is 0 Å². The van der Waals surface area contributed by atoms with Gasteiger partial charge in [0, 0.05) is 37.2 Å². The van der Waals surface area contributed by atoms with Crippen molar-refractivity contribution in [1.82, 2.24) is 4.57 Å². The van der Waals surface area contributed by atoms with E-state index in [4.69, 9.17) is 17.3 Å². The van der Waals surface area contributed by atoms with Crippen LogP contribution in [-0.2, 0) is 0 Å². The molecule has 148 valence electrons. The van der Waals surface area contributed by atoms with Crippen LogP contribution in [0.3, 0.4) is 0 Å². The summed E-state index contributed by atoms with van der Waals surface area (Å²) in [4.78, 5) is 25.8. The summed E-state index contributed by atoms with van der Waals surface area (Å²) in [5, 5.41) is 9.16. The maximum Gasteiger partial charge on any atom is 0.341 e. The van der Waals surface area contributed by atoms with Gasteiger partial charge in [-0.15, -0.1) is 0 Å². The quantitative estimate of drug-likeness (QED) is 0.813. The molecule has 1 spiro atoms. The van der Waals surface area contributed by atoms with Crippen LogP contribution in [0.15, 0.2) is 17.1 Å². The van der Waals surface area contributed by atoms with Crippen molar-refractivity contribution in [1.29, 1.82) is 0 Å². The Bertz CT molecular complexity index is 1100. The van der Waals surface area contributed by atoms with Crippen LogP contribution >= 0.6 is 11.6 Å². The molecule has 2 heterocycles. The van der Waals surface area contributed by atoms with Gasteiger partial charge in [0.1, 0.15) is 17.6 Å². The highest BCUT2D eigenvalue weighted by Crippen LogP contribution is 2.54. The second kappa shape index (κ2) is 5.67. The normalized spacial score (nSPS) is 27.6. The van der Waals surface area contributed by atoms with Crippen molar-refractivity contribution in [2.45, 2.75) is 37.5 Å². The number of carboxylic acid groups (broad SMARTS) is 1. The second-order valence-electron chi connectivity index (χ2n) is 8.17. The SMILES string of the molecule is N[C@@H]1CN(c2c(F)cc3c(=O)c(C(=O)O)cn(C4C[C@@H]4F)c3c2Cl)CC12CC2. The van der Waals surface area contributed by atoms with Gasteiger partial charge in [0.15, 0.2) is 0 Å². The predicted molar refractivity (Wildman–Crippen MR) is 101 cm³/mol. The van der Waals surface area contributed by atoms with Crippen LogP contribution in [0.1, 0.15) is 35.7 Å². The van der Waals surface area contributed by atoms with Gasteiger partial charge < -0.3 is 20.3 Å². The number of aromatic carboxylic acids is 1. The Morgan fingerprint density at radius 3 is 2.61 bits per heavy atom. The highest BCUT2D eigenvalue weighted by molar-refractivity contribution is 6.38. The lowest BCUT2D eigenvalue weighted by Crippen LogP contribution is -2.30. The maximum atomic E-state index is 15.0. The number of hydrogen-bond donors (Lipinski definition) is 2. The Kier molecular flexibility index (Phi) is 3.62. The topological polar surface area (TPSA) is 88.6 Å². The summed E-state index contributed by atoms with van der Waals surface area (Å²) >= 11 is 6.56. The highest BCUT2D eigenvalue weighted by Gasteiger charge is 2.54. The van der Waals surface area contributed by atoms with Crippen LogP contribution in [-0.4, -0.2) is 40.9 Å². The smallest absolute Gasteiger partial charge is 0.341 e. The van der Waals surface area contributed by atoms with E-state index in [2.05, 4.69) is 0 Å². The van der Waals surface area contributed by atoms with Gasteiger partial charge in [0.2, 0.25) is 5.43 Å². The standard InChI is InChI=1S/C19H18ClF2N3O3/c20-14-15-8(17(26)9(18(27)28)5-25(15)12-4-10(12)21)3-11(22)16(14)24-6-13(23)19(7-24)1-2-19/h3,5,10,12-13H,1-2,4,6-7,23H2,(H,27,28)/t10-,12?,13+/m0/s1. The molecule has 2 aliphatic carbocycles. The lowest BCUT2D eigenvalue weighted by atomic mass is 10.0. The fourth-order valence-corrected chi connectivity index (χ4v) is 4.84. The Hall–Kier alpha value is -2.19. The van der Waals surface area contributed by atoms with Crippen molar-refractivity contribution in [3.63, 3.8) is 0 Å². The first kappa shape index (κ1) is 17.9. The summed E-state index contributed by atoms with van der Waals surface area (Å²) in [6, 6.07) is 0.308. The molecule has 5 rings (SSSR count). The summed E-state index contributed by atoms with van der Waals surface area (Å²) in [7, 11) is 0. The molecule has 2 aromatic rings. The molecular weight excluding hydrogens is 392 g/mol. The van der Waals surface area contributed by atoms with E-state index in [1.807, 2.05) is 0 Å². The van der Waals surface area contributed by atoms with Gasteiger partial charge in [0.05, 0.1) is 27.7 Å². The fraction of sp³-hybridized carbons (Fsp3) is 0.474. The molecule has 1 saturated heterocycles. The van der Waals surface area contributed by atoms with Crippen molar-refractivity contribution in [2.75, 3.05) is 18.0 Å². The number of aromatic nitrogens is 1. The number of alkyl halides is 1. The van der Waals surface area contributed by atoms with Crippen LogP contribution in [0.4, 0.5) is 14.5 Å². The van der Waals surface area contributed by atoms with Crippen LogP contribution in [0, 0.1) is 11.2 Å². The molecule has 3 aliphatic rings. The zero-order valence-corrected chi connectivity index (χ0v) is 15.5. The molecule has 9 heteroatoms. The Balaban J connectivity index is 1.75. The first-order valence-electron chi connectivity index (χ1n) is 9.18. The molecule has 0 radical (unpaired) electrons. The summed E-state index contributed by atoms with van der Waals surface area (Å²) in [5.74, 6) is -2.15. The number of hydrogen-bond acceptors (Lipinski definition) is 4. The van der Waals surface area contributed by atoms with E-state index in [0.717, 1.165) is 25.1 Å². The summed E-state index contributed by atoms with van der Waals surface area (Å²) in [5.41, 5.74) is 5.15. The Morgan fingerprint density at radius 2 is 2.07 bits per heavy atom. The zero-order valence-electron chi connectivity index (χ0n) is 14.8. The third-order valence-corrected chi connectivity index (χ3v) is 6.73. The molecule has 1 aliphatic heterocycles. The number of anilines is 1. The third kappa shape index (κ3) is 2.40. The number of pyridine rings is 1. The molecule has 28 heavy (non-hydrogen) atoms. The Labute approximate surface area is 163 Å². The molecule has 1 unspecified atom stereocenters. The minimum absolute atomic E-state index is 0.00645. The number of rotatable bonds is 3. The van der Waals surface area contributed by atoms with Gasteiger partial charge in [-0.25, -0.2) is 13.6 Å².